The van der Waals surface area contributed by atoms with Crippen LogP contribution in [0.2, 0.25) is 0 Å². The molecule has 3 heteroatoms. The van der Waals surface area contributed by atoms with Crippen LogP contribution in [-0.4, -0.2) is 5.54 Å². The van der Waals surface area contributed by atoms with Crippen LogP contribution in [0.15, 0.2) is 28.7 Å². The molecule has 0 heterocycles. The Labute approximate surface area is 119 Å². The first-order valence-corrected chi connectivity index (χ1v) is 7.34. The number of rotatable bonds is 7. The summed E-state index contributed by atoms with van der Waals surface area (Å²) in [5.41, 5.74) is 0.527. The van der Waals surface area contributed by atoms with Crippen LogP contribution in [0, 0.1) is 11.3 Å². The SMILES string of the molecule is CCCCCCC(C)(C#N)Nc1ccc(Br)cc1. The second kappa shape index (κ2) is 7.43. The van der Waals surface area contributed by atoms with Crippen LogP contribution >= 0.6 is 15.9 Å². The summed E-state index contributed by atoms with van der Waals surface area (Å²) in [6.45, 7) is 4.17. The molecule has 0 amide bonds. The van der Waals surface area contributed by atoms with Crippen LogP contribution < -0.4 is 5.32 Å². The summed E-state index contributed by atoms with van der Waals surface area (Å²) >= 11 is 3.41. The molecule has 1 N–H and O–H groups in total. The molecule has 0 fully saturated rings. The van der Waals surface area contributed by atoms with E-state index in [1.165, 1.54) is 19.3 Å². The number of halogens is 1. The normalized spacial score (nSPS) is 13.7. The van der Waals surface area contributed by atoms with E-state index < -0.39 is 5.54 Å². The number of nitrogens with one attached hydrogen (secondary N) is 1. The van der Waals surface area contributed by atoms with Crippen molar-refractivity contribution in [2.24, 2.45) is 0 Å². The van der Waals surface area contributed by atoms with Gasteiger partial charge < -0.3 is 5.32 Å². The predicted octanol–water partition coefficient (Wildman–Crippen LogP) is 5.11. The van der Waals surface area contributed by atoms with Crippen LogP contribution in [0.1, 0.15) is 46.0 Å². The van der Waals surface area contributed by atoms with Gasteiger partial charge in [0.05, 0.1) is 6.07 Å². The summed E-state index contributed by atoms with van der Waals surface area (Å²) in [5.74, 6) is 0. The molecule has 0 saturated carbocycles. The minimum Gasteiger partial charge on any atom is -0.368 e. The van der Waals surface area contributed by atoms with E-state index in [1.54, 1.807) is 0 Å². The van der Waals surface area contributed by atoms with E-state index in [9.17, 15) is 5.26 Å². The molecule has 18 heavy (non-hydrogen) atoms. The lowest BCUT2D eigenvalue weighted by atomic mass is 9.95. The number of hydrogen-bond donors (Lipinski definition) is 1. The van der Waals surface area contributed by atoms with Crippen molar-refractivity contribution in [3.8, 4) is 6.07 Å². The minimum atomic E-state index is -0.471. The second-order valence-electron chi connectivity index (χ2n) is 4.89. The van der Waals surface area contributed by atoms with Gasteiger partial charge in [-0.2, -0.15) is 5.26 Å². The molecule has 1 unspecified atom stereocenters. The lowest BCUT2D eigenvalue weighted by Crippen LogP contribution is -2.32. The average Bonchev–Trinajstić information content (AvgIpc) is 2.38. The standard InChI is InChI=1S/C15H21BrN2/c1-3-4-5-6-11-15(2,12-17)18-14-9-7-13(16)8-10-14/h7-10,18H,3-6,11H2,1-2H3. The zero-order valence-corrected chi connectivity index (χ0v) is 12.8. The summed E-state index contributed by atoms with van der Waals surface area (Å²) in [7, 11) is 0. The van der Waals surface area contributed by atoms with Crippen LogP contribution in [-0.2, 0) is 0 Å². The number of hydrogen-bond acceptors (Lipinski definition) is 2. The monoisotopic (exact) mass is 308 g/mol. The van der Waals surface area contributed by atoms with Gasteiger partial charge in [0.25, 0.3) is 0 Å². The van der Waals surface area contributed by atoms with Gasteiger partial charge in [0.2, 0.25) is 0 Å². The highest BCUT2D eigenvalue weighted by Gasteiger charge is 2.22. The summed E-state index contributed by atoms with van der Waals surface area (Å²) in [6, 6.07) is 10.3. The van der Waals surface area contributed by atoms with E-state index in [0.29, 0.717) is 0 Å². The molecule has 1 atom stereocenters. The molecule has 2 nitrogen and oxygen atoms in total. The highest BCUT2D eigenvalue weighted by atomic mass is 79.9. The lowest BCUT2D eigenvalue weighted by Gasteiger charge is -2.24. The average molecular weight is 309 g/mol. The van der Waals surface area contributed by atoms with Crippen molar-refractivity contribution in [3.05, 3.63) is 28.7 Å². The van der Waals surface area contributed by atoms with Gasteiger partial charge in [-0.05, 0) is 37.6 Å². The topological polar surface area (TPSA) is 35.8 Å². The molecule has 0 radical (unpaired) electrons. The zero-order chi connectivity index (χ0) is 13.4. The molecule has 0 saturated heterocycles. The molecular weight excluding hydrogens is 288 g/mol. The number of benzene rings is 1. The molecule has 0 spiro atoms. The third-order valence-corrected chi connectivity index (χ3v) is 3.57. The predicted molar refractivity (Wildman–Crippen MR) is 80.5 cm³/mol. The number of nitrogens with zero attached hydrogens (tertiary/aromatic N) is 1. The largest absolute Gasteiger partial charge is 0.368 e. The molecule has 98 valence electrons. The Bertz CT molecular complexity index is 394. The van der Waals surface area contributed by atoms with Gasteiger partial charge in [0, 0.05) is 10.2 Å². The minimum absolute atomic E-state index is 0.471. The Kier molecular flexibility index (Phi) is 6.21. The fourth-order valence-electron chi connectivity index (χ4n) is 1.90. The van der Waals surface area contributed by atoms with Crippen LogP contribution in [0.3, 0.4) is 0 Å². The van der Waals surface area contributed by atoms with Gasteiger partial charge in [-0.1, -0.05) is 48.5 Å². The Morgan fingerprint density at radius 1 is 1.22 bits per heavy atom. The van der Waals surface area contributed by atoms with Crippen molar-refractivity contribution in [1.82, 2.24) is 0 Å². The number of nitriles is 1. The van der Waals surface area contributed by atoms with Crippen molar-refractivity contribution in [3.63, 3.8) is 0 Å². The summed E-state index contributed by atoms with van der Waals surface area (Å²) < 4.78 is 1.05. The fraction of sp³-hybridized carbons (Fsp3) is 0.533. The Morgan fingerprint density at radius 2 is 1.89 bits per heavy atom. The smallest absolute Gasteiger partial charge is 0.122 e. The molecule has 0 bridgehead atoms. The van der Waals surface area contributed by atoms with E-state index >= 15 is 0 Å². The van der Waals surface area contributed by atoms with Gasteiger partial charge >= 0.3 is 0 Å². The zero-order valence-electron chi connectivity index (χ0n) is 11.2. The highest BCUT2D eigenvalue weighted by Crippen LogP contribution is 2.22. The van der Waals surface area contributed by atoms with Crippen LogP contribution in [0.5, 0.6) is 0 Å². The van der Waals surface area contributed by atoms with Gasteiger partial charge in [-0.25, -0.2) is 0 Å². The first-order valence-electron chi connectivity index (χ1n) is 6.54. The maximum Gasteiger partial charge on any atom is 0.122 e. The molecule has 0 aliphatic carbocycles. The molecule has 0 aliphatic rings. The quantitative estimate of drug-likeness (QED) is 0.710. The first-order chi connectivity index (χ1) is 8.59. The third-order valence-electron chi connectivity index (χ3n) is 3.04. The fourth-order valence-corrected chi connectivity index (χ4v) is 2.17. The highest BCUT2D eigenvalue weighted by molar-refractivity contribution is 9.10. The summed E-state index contributed by atoms with van der Waals surface area (Å²) in [5, 5.41) is 12.7. The van der Waals surface area contributed by atoms with Crippen molar-refractivity contribution in [2.45, 2.75) is 51.5 Å². The maximum atomic E-state index is 9.34. The lowest BCUT2D eigenvalue weighted by molar-refractivity contribution is 0.528. The molecule has 0 aromatic heterocycles. The summed E-state index contributed by atoms with van der Waals surface area (Å²) in [6.07, 6.45) is 5.67. The van der Waals surface area contributed by atoms with E-state index in [-0.39, 0.29) is 0 Å². The van der Waals surface area contributed by atoms with Crippen LogP contribution in [0.25, 0.3) is 0 Å². The van der Waals surface area contributed by atoms with E-state index in [0.717, 1.165) is 23.0 Å². The molecule has 1 aromatic rings. The van der Waals surface area contributed by atoms with Crippen LogP contribution in [0.4, 0.5) is 5.69 Å². The van der Waals surface area contributed by atoms with Crippen molar-refractivity contribution in [1.29, 1.82) is 5.26 Å². The van der Waals surface area contributed by atoms with Gasteiger partial charge in [0.15, 0.2) is 0 Å². The molecule has 1 rings (SSSR count). The van der Waals surface area contributed by atoms with E-state index in [2.05, 4.69) is 34.2 Å². The van der Waals surface area contributed by atoms with Crippen molar-refractivity contribution < 1.29 is 0 Å². The first kappa shape index (κ1) is 15.0. The van der Waals surface area contributed by atoms with E-state index in [4.69, 9.17) is 0 Å². The van der Waals surface area contributed by atoms with Gasteiger partial charge in [0.1, 0.15) is 5.54 Å². The Hall–Kier alpha value is -1.01. The molecule has 0 aliphatic heterocycles. The maximum absolute atomic E-state index is 9.34. The number of anilines is 1. The number of unbranched alkanes of at least 4 members (excludes halogenated alkanes) is 3. The third kappa shape index (κ3) is 5.10. The van der Waals surface area contributed by atoms with Crippen molar-refractivity contribution >= 4 is 21.6 Å². The summed E-state index contributed by atoms with van der Waals surface area (Å²) in [4.78, 5) is 0. The second-order valence-corrected chi connectivity index (χ2v) is 5.80. The Balaban J connectivity index is 2.54. The Morgan fingerprint density at radius 3 is 2.44 bits per heavy atom. The van der Waals surface area contributed by atoms with E-state index in [1.807, 2.05) is 31.2 Å². The van der Waals surface area contributed by atoms with Gasteiger partial charge in [-0.3, -0.25) is 0 Å². The molecular formula is C15H21BrN2. The van der Waals surface area contributed by atoms with Gasteiger partial charge in [-0.15, -0.1) is 0 Å². The van der Waals surface area contributed by atoms with Crippen molar-refractivity contribution in [2.75, 3.05) is 5.32 Å². The molecule has 1 aromatic carbocycles.